The summed E-state index contributed by atoms with van der Waals surface area (Å²) in [6.45, 7) is 5.29. The number of carboxylic acid groups (broad SMARTS) is 1. The van der Waals surface area contributed by atoms with E-state index in [9.17, 15) is 9.59 Å². The molecule has 5 heteroatoms. The Labute approximate surface area is 108 Å². The Balaban J connectivity index is 2.39. The van der Waals surface area contributed by atoms with Crippen molar-refractivity contribution in [1.29, 1.82) is 0 Å². The van der Waals surface area contributed by atoms with Gasteiger partial charge in [0.05, 0.1) is 6.10 Å². The summed E-state index contributed by atoms with van der Waals surface area (Å²) in [7, 11) is 0. The molecule has 1 aliphatic rings. The standard InChI is InChI=1S/C13H23NO4/c1-13(2,3)11(12(16)17)14-10(15)8-18-9-6-4-5-7-9/h9,11H,4-8H2,1-3H3,(H,14,15)(H,16,17)/t11-/m1/s1. The van der Waals surface area contributed by atoms with Crippen molar-refractivity contribution >= 4 is 11.9 Å². The zero-order chi connectivity index (χ0) is 13.8. The molecule has 1 aliphatic carbocycles. The van der Waals surface area contributed by atoms with Gasteiger partial charge in [0.1, 0.15) is 12.6 Å². The third-order valence-electron chi connectivity index (χ3n) is 3.17. The minimum atomic E-state index is -1.02. The number of ether oxygens (including phenoxy) is 1. The predicted octanol–water partition coefficient (Wildman–Crippen LogP) is 1.56. The molecular weight excluding hydrogens is 234 g/mol. The lowest BCUT2D eigenvalue weighted by molar-refractivity contribution is -0.146. The van der Waals surface area contributed by atoms with Gasteiger partial charge in [0, 0.05) is 0 Å². The lowest BCUT2D eigenvalue weighted by Gasteiger charge is -2.27. The van der Waals surface area contributed by atoms with Crippen LogP contribution in [0.4, 0.5) is 0 Å². The molecule has 0 aromatic heterocycles. The van der Waals surface area contributed by atoms with Crippen molar-refractivity contribution in [2.45, 2.75) is 58.6 Å². The van der Waals surface area contributed by atoms with E-state index >= 15 is 0 Å². The van der Waals surface area contributed by atoms with Crippen molar-refractivity contribution < 1.29 is 19.4 Å². The minimum absolute atomic E-state index is 0.0511. The topological polar surface area (TPSA) is 75.6 Å². The van der Waals surface area contributed by atoms with Gasteiger partial charge in [0.2, 0.25) is 5.91 Å². The summed E-state index contributed by atoms with van der Waals surface area (Å²) in [4.78, 5) is 22.7. The number of aliphatic carboxylic acids is 1. The Morgan fingerprint density at radius 1 is 1.33 bits per heavy atom. The molecule has 0 aliphatic heterocycles. The summed E-state index contributed by atoms with van der Waals surface area (Å²) < 4.78 is 5.45. The molecular formula is C13H23NO4. The molecule has 0 unspecified atom stereocenters. The molecule has 104 valence electrons. The van der Waals surface area contributed by atoms with Crippen molar-refractivity contribution in [3.05, 3.63) is 0 Å². The van der Waals surface area contributed by atoms with Gasteiger partial charge in [0.15, 0.2) is 0 Å². The maximum absolute atomic E-state index is 11.7. The minimum Gasteiger partial charge on any atom is -0.480 e. The van der Waals surface area contributed by atoms with Gasteiger partial charge in [-0.25, -0.2) is 4.79 Å². The number of amides is 1. The average Bonchev–Trinajstić information content (AvgIpc) is 2.73. The lowest BCUT2D eigenvalue weighted by Crippen LogP contribution is -2.50. The van der Waals surface area contributed by atoms with Crippen molar-refractivity contribution in [1.82, 2.24) is 5.32 Å². The van der Waals surface area contributed by atoms with Gasteiger partial charge in [-0.1, -0.05) is 33.6 Å². The Bertz CT molecular complexity index is 303. The molecule has 1 atom stereocenters. The summed E-state index contributed by atoms with van der Waals surface area (Å²) >= 11 is 0. The van der Waals surface area contributed by atoms with Crippen molar-refractivity contribution in [2.24, 2.45) is 5.41 Å². The molecule has 1 amide bonds. The van der Waals surface area contributed by atoms with Gasteiger partial charge in [-0.3, -0.25) is 4.79 Å². The van der Waals surface area contributed by atoms with Gasteiger partial charge in [-0.2, -0.15) is 0 Å². The number of rotatable bonds is 5. The molecule has 0 radical (unpaired) electrons. The number of carbonyl (C=O) groups is 2. The first-order valence-electron chi connectivity index (χ1n) is 6.44. The number of nitrogens with one attached hydrogen (secondary N) is 1. The SMILES string of the molecule is CC(C)(C)[C@H](NC(=O)COC1CCCC1)C(=O)O. The maximum Gasteiger partial charge on any atom is 0.326 e. The van der Waals surface area contributed by atoms with Crippen LogP contribution in [-0.2, 0) is 14.3 Å². The van der Waals surface area contributed by atoms with E-state index in [1.165, 1.54) is 0 Å². The average molecular weight is 257 g/mol. The molecule has 0 aromatic rings. The highest BCUT2D eigenvalue weighted by atomic mass is 16.5. The molecule has 18 heavy (non-hydrogen) atoms. The Kier molecular flexibility index (Phi) is 5.14. The normalized spacial score (nSPS) is 18.6. The highest BCUT2D eigenvalue weighted by Crippen LogP contribution is 2.21. The Morgan fingerprint density at radius 2 is 1.89 bits per heavy atom. The van der Waals surface area contributed by atoms with Crippen LogP contribution in [0, 0.1) is 5.41 Å². The number of carbonyl (C=O) groups excluding carboxylic acids is 1. The fourth-order valence-corrected chi connectivity index (χ4v) is 2.10. The van der Waals surface area contributed by atoms with E-state index in [1.54, 1.807) is 20.8 Å². The van der Waals surface area contributed by atoms with Crippen LogP contribution in [0.1, 0.15) is 46.5 Å². The maximum atomic E-state index is 11.7. The second-order valence-corrected chi connectivity index (χ2v) is 5.92. The van der Waals surface area contributed by atoms with Gasteiger partial charge < -0.3 is 15.2 Å². The quantitative estimate of drug-likeness (QED) is 0.783. The van der Waals surface area contributed by atoms with E-state index in [2.05, 4.69) is 5.32 Å². The molecule has 0 aromatic carbocycles. The molecule has 0 heterocycles. The molecule has 5 nitrogen and oxygen atoms in total. The van der Waals surface area contributed by atoms with E-state index in [-0.39, 0.29) is 18.6 Å². The number of carboxylic acids is 1. The summed E-state index contributed by atoms with van der Waals surface area (Å²) in [5.41, 5.74) is -0.519. The molecule has 1 saturated carbocycles. The van der Waals surface area contributed by atoms with Crippen molar-refractivity contribution in [3.63, 3.8) is 0 Å². The Morgan fingerprint density at radius 3 is 2.33 bits per heavy atom. The molecule has 0 spiro atoms. The van der Waals surface area contributed by atoms with Gasteiger partial charge in [0.25, 0.3) is 0 Å². The lowest BCUT2D eigenvalue weighted by atomic mass is 9.87. The van der Waals surface area contributed by atoms with E-state index in [4.69, 9.17) is 9.84 Å². The first kappa shape index (κ1) is 15.0. The molecule has 1 fully saturated rings. The summed E-state index contributed by atoms with van der Waals surface area (Å²) in [6.07, 6.45) is 4.44. The van der Waals surface area contributed by atoms with Crippen molar-refractivity contribution in [3.8, 4) is 0 Å². The highest BCUT2D eigenvalue weighted by molar-refractivity contribution is 5.84. The van der Waals surface area contributed by atoms with Crippen LogP contribution in [0.15, 0.2) is 0 Å². The zero-order valence-corrected chi connectivity index (χ0v) is 11.4. The van der Waals surface area contributed by atoms with Crippen LogP contribution in [0.2, 0.25) is 0 Å². The molecule has 0 saturated heterocycles. The largest absolute Gasteiger partial charge is 0.480 e. The van der Waals surface area contributed by atoms with Gasteiger partial charge in [-0.15, -0.1) is 0 Å². The van der Waals surface area contributed by atoms with Crippen LogP contribution in [0.5, 0.6) is 0 Å². The summed E-state index contributed by atoms with van der Waals surface area (Å²) in [6, 6.07) is -0.892. The third-order valence-corrected chi connectivity index (χ3v) is 3.17. The van der Waals surface area contributed by atoms with E-state index < -0.39 is 17.4 Å². The smallest absolute Gasteiger partial charge is 0.326 e. The summed E-state index contributed by atoms with van der Waals surface area (Å²) in [5.74, 6) is -1.37. The van der Waals surface area contributed by atoms with Gasteiger partial charge in [-0.05, 0) is 18.3 Å². The summed E-state index contributed by atoms with van der Waals surface area (Å²) in [5, 5.41) is 11.6. The number of hydrogen-bond acceptors (Lipinski definition) is 3. The van der Waals surface area contributed by atoms with Crippen molar-refractivity contribution in [2.75, 3.05) is 6.61 Å². The van der Waals surface area contributed by atoms with Crippen LogP contribution < -0.4 is 5.32 Å². The van der Waals surface area contributed by atoms with Crippen LogP contribution >= 0.6 is 0 Å². The molecule has 1 rings (SSSR count). The monoisotopic (exact) mass is 257 g/mol. The predicted molar refractivity (Wildman–Crippen MR) is 67.2 cm³/mol. The van der Waals surface area contributed by atoms with E-state index in [1.807, 2.05) is 0 Å². The van der Waals surface area contributed by atoms with Crippen LogP contribution in [0.3, 0.4) is 0 Å². The fraction of sp³-hybridized carbons (Fsp3) is 0.846. The third kappa shape index (κ3) is 4.64. The van der Waals surface area contributed by atoms with Crippen LogP contribution in [-0.4, -0.2) is 35.7 Å². The number of hydrogen-bond donors (Lipinski definition) is 2. The van der Waals surface area contributed by atoms with Gasteiger partial charge >= 0.3 is 5.97 Å². The zero-order valence-electron chi connectivity index (χ0n) is 11.4. The molecule has 2 N–H and O–H groups in total. The second kappa shape index (κ2) is 6.18. The van der Waals surface area contributed by atoms with E-state index in [0.717, 1.165) is 25.7 Å². The van der Waals surface area contributed by atoms with Crippen LogP contribution in [0.25, 0.3) is 0 Å². The molecule has 0 bridgehead atoms. The fourth-order valence-electron chi connectivity index (χ4n) is 2.10. The Hall–Kier alpha value is -1.10. The first-order valence-corrected chi connectivity index (χ1v) is 6.44. The second-order valence-electron chi connectivity index (χ2n) is 5.92. The van der Waals surface area contributed by atoms with E-state index in [0.29, 0.717) is 0 Å². The highest BCUT2D eigenvalue weighted by Gasteiger charge is 2.32. The first-order chi connectivity index (χ1) is 8.30.